The number of nitrogens with zero attached hydrogens (tertiary/aromatic N) is 2. The third-order valence-electron chi connectivity index (χ3n) is 4.49. The van der Waals surface area contributed by atoms with Crippen molar-refractivity contribution >= 4 is 11.8 Å². The zero-order valence-electron chi connectivity index (χ0n) is 17.5. The molecule has 2 amide bonds. The Morgan fingerprint density at radius 1 is 1.08 bits per heavy atom. The van der Waals surface area contributed by atoms with Crippen molar-refractivity contribution in [2.75, 3.05) is 26.2 Å². The average molecular weight is 363 g/mol. The summed E-state index contributed by atoms with van der Waals surface area (Å²) < 4.78 is 0. The maximum absolute atomic E-state index is 12.3. The van der Waals surface area contributed by atoms with E-state index in [1.807, 2.05) is 17.9 Å². The highest BCUT2D eigenvalue weighted by Gasteiger charge is 2.19. The summed E-state index contributed by atoms with van der Waals surface area (Å²) in [5.74, 6) is 0.603. The lowest BCUT2D eigenvalue weighted by Crippen LogP contribution is -2.33. The van der Waals surface area contributed by atoms with Crippen molar-refractivity contribution < 1.29 is 9.59 Å². The fourth-order valence-corrected chi connectivity index (χ4v) is 2.54. The Hall–Kier alpha value is -1.84. The van der Waals surface area contributed by atoms with Gasteiger partial charge in [-0.3, -0.25) is 9.59 Å². The molecule has 26 heavy (non-hydrogen) atoms. The predicted molar refractivity (Wildman–Crippen MR) is 111 cm³/mol. The van der Waals surface area contributed by atoms with Gasteiger partial charge in [-0.15, -0.1) is 6.58 Å². The van der Waals surface area contributed by atoms with E-state index in [0.717, 1.165) is 32.4 Å². The van der Waals surface area contributed by atoms with E-state index >= 15 is 0 Å². The van der Waals surface area contributed by atoms with Crippen molar-refractivity contribution in [3.63, 3.8) is 0 Å². The van der Waals surface area contributed by atoms with Gasteiger partial charge in [-0.2, -0.15) is 0 Å². The molecule has 0 aliphatic rings. The van der Waals surface area contributed by atoms with Gasteiger partial charge in [0.1, 0.15) is 0 Å². The molecule has 0 N–H and O–H groups in total. The van der Waals surface area contributed by atoms with Gasteiger partial charge >= 0.3 is 0 Å². The molecule has 0 spiro atoms. The minimum Gasteiger partial charge on any atom is -0.339 e. The molecule has 0 atom stereocenters. The summed E-state index contributed by atoms with van der Waals surface area (Å²) in [4.78, 5) is 27.8. The summed E-state index contributed by atoms with van der Waals surface area (Å²) in [6, 6.07) is 0. The van der Waals surface area contributed by atoms with Crippen LogP contribution < -0.4 is 0 Å². The molecular formula is C22H38N2O2. The fourth-order valence-electron chi connectivity index (χ4n) is 2.54. The fraction of sp³-hybridized carbons (Fsp3) is 0.636. The minimum absolute atomic E-state index is 0.00657. The molecule has 0 saturated heterocycles. The van der Waals surface area contributed by atoms with Gasteiger partial charge in [0.15, 0.2) is 0 Å². The Morgan fingerprint density at radius 3 is 2.23 bits per heavy atom. The topological polar surface area (TPSA) is 40.6 Å². The van der Waals surface area contributed by atoms with Crippen LogP contribution in [0.5, 0.6) is 0 Å². The first kappa shape index (κ1) is 24.2. The normalized spacial score (nSPS) is 11.6. The van der Waals surface area contributed by atoms with Gasteiger partial charge in [0.05, 0.1) is 0 Å². The molecule has 0 rings (SSSR count). The SMILES string of the molecule is C=CCN(CCC(C)(C)CC=CC(=O)N(CC)CCC(C)C)C(=O)C=C. The zero-order chi connectivity index (χ0) is 20.2. The van der Waals surface area contributed by atoms with E-state index < -0.39 is 0 Å². The molecule has 4 nitrogen and oxygen atoms in total. The number of carbonyl (C=O) groups excluding carboxylic acids is 2. The highest BCUT2D eigenvalue weighted by molar-refractivity contribution is 5.87. The molecule has 0 saturated carbocycles. The molecule has 0 aromatic heterocycles. The van der Waals surface area contributed by atoms with E-state index in [9.17, 15) is 9.59 Å². The van der Waals surface area contributed by atoms with Gasteiger partial charge in [-0.1, -0.05) is 46.4 Å². The van der Waals surface area contributed by atoms with Gasteiger partial charge in [0, 0.05) is 26.2 Å². The first-order valence-electron chi connectivity index (χ1n) is 9.64. The van der Waals surface area contributed by atoms with Crippen LogP contribution >= 0.6 is 0 Å². The van der Waals surface area contributed by atoms with Crippen LogP contribution in [0.2, 0.25) is 0 Å². The maximum atomic E-state index is 12.3. The van der Waals surface area contributed by atoms with Crippen LogP contribution in [-0.2, 0) is 9.59 Å². The molecule has 4 heteroatoms. The summed E-state index contributed by atoms with van der Waals surface area (Å²) >= 11 is 0. The molecule has 0 aromatic carbocycles. The van der Waals surface area contributed by atoms with E-state index in [4.69, 9.17) is 0 Å². The van der Waals surface area contributed by atoms with Gasteiger partial charge < -0.3 is 9.80 Å². The molecule has 148 valence electrons. The van der Waals surface area contributed by atoms with Crippen LogP contribution in [0, 0.1) is 11.3 Å². The molecule has 0 aromatic rings. The second kappa shape index (κ2) is 12.5. The second-order valence-corrected chi connectivity index (χ2v) is 7.90. The number of likely N-dealkylation sites (N-methyl/N-ethyl adjacent to an activating group) is 1. The lowest BCUT2D eigenvalue weighted by molar-refractivity contribution is -0.126. The minimum atomic E-state index is -0.0739. The summed E-state index contributed by atoms with van der Waals surface area (Å²) in [5.41, 5.74) is 0.00657. The molecule has 0 unspecified atom stereocenters. The zero-order valence-corrected chi connectivity index (χ0v) is 17.5. The van der Waals surface area contributed by atoms with Gasteiger partial charge in [0.2, 0.25) is 11.8 Å². The average Bonchev–Trinajstić information content (AvgIpc) is 2.58. The Kier molecular flexibility index (Phi) is 11.6. The standard InChI is InChI=1S/C22H38N2O2/c1-8-16-24(20(25)9-2)18-15-22(6,7)14-11-12-21(26)23(10-3)17-13-19(4)5/h8-9,11-12,19H,1-2,10,13-18H2,3-7H3. The van der Waals surface area contributed by atoms with Crippen molar-refractivity contribution in [1.29, 1.82) is 0 Å². The molecule has 0 radical (unpaired) electrons. The summed E-state index contributed by atoms with van der Waals surface area (Å²) in [5, 5.41) is 0. The highest BCUT2D eigenvalue weighted by Crippen LogP contribution is 2.26. The maximum Gasteiger partial charge on any atom is 0.246 e. The molecule has 0 heterocycles. The van der Waals surface area contributed by atoms with Crippen LogP contribution in [0.15, 0.2) is 37.5 Å². The Labute approximate surface area is 160 Å². The number of hydrogen-bond donors (Lipinski definition) is 0. The van der Waals surface area contributed by atoms with Crippen LogP contribution in [0.4, 0.5) is 0 Å². The number of rotatable bonds is 13. The van der Waals surface area contributed by atoms with Crippen molar-refractivity contribution in [2.45, 2.75) is 53.9 Å². The van der Waals surface area contributed by atoms with Crippen LogP contribution in [0.25, 0.3) is 0 Å². The molecule has 0 fully saturated rings. The van der Waals surface area contributed by atoms with Crippen LogP contribution in [0.1, 0.15) is 53.9 Å². The molecular weight excluding hydrogens is 324 g/mol. The summed E-state index contributed by atoms with van der Waals surface area (Å²) in [7, 11) is 0. The molecule has 0 aliphatic carbocycles. The summed E-state index contributed by atoms with van der Waals surface area (Å²) in [6.07, 6.45) is 9.40. The first-order chi connectivity index (χ1) is 12.2. The van der Waals surface area contributed by atoms with Crippen molar-refractivity contribution in [3.05, 3.63) is 37.5 Å². The van der Waals surface area contributed by atoms with Crippen LogP contribution in [0.3, 0.4) is 0 Å². The third kappa shape index (κ3) is 10.2. The van der Waals surface area contributed by atoms with E-state index in [0.29, 0.717) is 19.0 Å². The van der Waals surface area contributed by atoms with E-state index in [2.05, 4.69) is 40.9 Å². The number of amides is 2. The van der Waals surface area contributed by atoms with Crippen molar-refractivity contribution in [2.24, 2.45) is 11.3 Å². The Bertz CT molecular complexity index is 492. The summed E-state index contributed by atoms with van der Waals surface area (Å²) in [6.45, 7) is 20.6. The first-order valence-corrected chi connectivity index (χ1v) is 9.64. The lowest BCUT2D eigenvalue weighted by Gasteiger charge is -2.27. The monoisotopic (exact) mass is 362 g/mol. The van der Waals surface area contributed by atoms with E-state index in [1.165, 1.54) is 6.08 Å². The van der Waals surface area contributed by atoms with Crippen molar-refractivity contribution in [1.82, 2.24) is 9.80 Å². The van der Waals surface area contributed by atoms with Gasteiger partial charge in [0.25, 0.3) is 0 Å². The highest BCUT2D eigenvalue weighted by atomic mass is 16.2. The number of hydrogen-bond acceptors (Lipinski definition) is 2. The third-order valence-corrected chi connectivity index (χ3v) is 4.49. The Balaban J connectivity index is 4.57. The number of carbonyl (C=O) groups is 2. The number of allylic oxidation sites excluding steroid dienone is 1. The molecule has 0 aliphatic heterocycles. The largest absolute Gasteiger partial charge is 0.339 e. The smallest absolute Gasteiger partial charge is 0.246 e. The predicted octanol–water partition coefficient (Wildman–Crippen LogP) is 4.44. The lowest BCUT2D eigenvalue weighted by atomic mass is 9.85. The van der Waals surface area contributed by atoms with Gasteiger partial charge in [-0.05, 0) is 49.7 Å². The van der Waals surface area contributed by atoms with E-state index in [1.54, 1.807) is 17.1 Å². The Morgan fingerprint density at radius 2 is 1.73 bits per heavy atom. The van der Waals surface area contributed by atoms with Crippen molar-refractivity contribution in [3.8, 4) is 0 Å². The second-order valence-electron chi connectivity index (χ2n) is 7.90. The van der Waals surface area contributed by atoms with Gasteiger partial charge in [-0.25, -0.2) is 0 Å². The molecule has 0 bridgehead atoms. The van der Waals surface area contributed by atoms with Crippen LogP contribution in [-0.4, -0.2) is 47.8 Å². The quantitative estimate of drug-likeness (QED) is 0.359. The van der Waals surface area contributed by atoms with E-state index in [-0.39, 0.29) is 17.2 Å².